The minimum Gasteiger partial charge on any atom is -0.371 e. The van der Waals surface area contributed by atoms with E-state index in [1.165, 1.54) is 32.1 Å². The third-order valence-corrected chi connectivity index (χ3v) is 3.68. The minimum atomic E-state index is -0.196. The number of anilines is 1. The Morgan fingerprint density at radius 3 is 2.33 bits per heavy atom. The van der Waals surface area contributed by atoms with Crippen molar-refractivity contribution in [1.29, 1.82) is 0 Å². The normalized spacial score (nSPS) is 19.2. The summed E-state index contributed by atoms with van der Waals surface area (Å²) in [4.78, 5) is 2.37. The van der Waals surface area contributed by atoms with Crippen LogP contribution in [0.4, 0.5) is 10.1 Å². The monoisotopic (exact) mass is 250 g/mol. The van der Waals surface area contributed by atoms with E-state index in [0.29, 0.717) is 0 Å². The quantitative estimate of drug-likeness (QED) is 0.868. The number of rotatable bonds is 2. The van der Waals surface area contributed by atoms with Crippen LogP contribution in [-0.4, -0.2) is 13.1 Å². The molecule has 1 saturated heterocycles. The Bertz CT molecular complexity index is 382. The maximum absolute atomic E-state index is 13.3. The number of nitrogens with two attached hydrogens (primary N) is 1. The summed E-state index contributed by atoms with van der Waals surface area (Å²) in [6.07, 6.45) is 6.37. The van der Waals surface area contributed by atoms with E-state index in [2.05, 4.69) is 4.90 Å². The molecule has 1 atom stereocenters. The van der Waals surface area contributed by atoms with Crippen LogP contribution < -0.4 is 10.6 Å². The van der Waals surface area contributed by atoms with E-state index in [1.54, 1.807) is 12.1 Å². The molecule has 2 rings (SSSR count). The van der Waals surface area contributed by atoms with E-state index >= 15 is 0 Å². The van der Waals surface area contributed by atoms with E-state index in [-0.39, 0.29) is 11.9 Å². The van der Waals surface area contributed by atoms with Crippen molar-refractivity contribution in [3.8, 4) is 0 Å². The van der Waals surface area contributed by atoms with E-state index in [9.17, 15) is 4.39 Å². The molecular weight excluding hydrogens is 227 g/mol. The number of benzene rings is 1. The first-order valence-corrected chi connectivity index (χ1v) is 6.98. The van der Waals surface area contributed by atoms with Crippen molar-refractivity contribution in [2.45, 2.75) is 45.1 Å². The van der Waals surface area contributed by atoms with Gasteiger partial charge in [-0.15, -0.1) is 0 Å². The molecule has 0 unspecified atom stereocenters. The molecule has 1 aromatic rings. The molecule has 1 aromatic carbocycles. The number of hydrogen-bond acceptors (Lipinski definition) is 2. The van der Waals surface area contributed by atoms with Crippen LogP contribution in [0.15, 0.2) is 18.2 Å². The Morgan fingerprint density at radius 1 is 1.11 bits per heavy atom. The van der Waals surface area contributed by atoms with Crippen LogP contribution in [0, 0.1) is 5.82 Å². The van der Waals surface area contributed by atoms with Crippen molar-refractivity contribution in [3.63, 3.8) is 0 Å². The van der Waals surface area contributed by atoms with Crippen LogP contribution in [0.1, 0.15) is 50.6 Å². The highest BCUT2D eigenvalue weighted by molar-refractivity contribution is 5.55. The van der Waals surface area contributed by atoms with Gasteiger partial charge < -0.3 is 10.6 Å². The molecule has 0 saturated carbocycles. The van der Waals surface area contributed by atoms with Crippen LogP contribution >= 0.6 is 0 Å². The van der Waals surface area contributed by atoms with Gasteiger partial charge in [-0.3, -0.25) is 0 Å². The molecule has 100 valence electrons. The predicted octanol–water partition coefficient (Wildman–Crippen LogP) is 3.62. The Hall–Kier alpha value is -1.09. The Morgan fingerprint density at radius 2 is 1.72 bits per heavy atom. The lowest BCUT2D eigenvalue weighted by Gasteiger charge is -2.29. The molecule has 1 heterocycles. The van der Waals surface area contributed by atoms with Gasteiger partial charge in [-0.25, -0.2) is 4.39 Å². The van der Waals surface area contributed by atoms with Crippen molar-refractivity contribution in [2.75, 3.05) is 18.0 Å². The van der Waals surface area contributed by atoms with Gasteiger partial charge in [-0.2, -0.15) is 0 Å². The lowest BCUT2D eigenvalue weighted by Crippen LogP contribution is -2.28. The molecule has 1 fully saturated rings. The van der Waals surface area contributed by atoms with Crippen molar-refractivity contribution in [3.05, 3.63) is 29.6 Å². The average Bonchev–Trinajstić information content (AvgIpc) is 2.29. The second-order valence-electron chi connectivity index (χ2n) is 5.25. The zero-order valence-corrected chi connectivity index (χ0v) is 11.2. The molecule has 2 N–H and O–H groups in total. The molecule has 0 amide bonds. The van der Waals surface area contributed by atoms with Gasteiger partial charge in [0, 0.05) is 24.8 Å². The Kier molecular flexibility index (Phi) is 4.59. The third-order valence-electron chi connectivity index (χ3n) is 3.68. The van der Waals surface area contributed by atoms with Gasteiger partial charge in [0.05, 0.1) is 0 Å². The zero-order chi connectivity index (χ0) is 13.0. The fourth-order valence-corrected chi connectivity index (χ4v) is 2.67. The standard InChI is InChI=1S/C15H23FN2/c1-12(17)14-11-13(16)7-8-15(14)18-9-5-3-2-4-6-10-18/h7-8,11-12H,2-6,9-10,17H2,1H3/t12-/m1/s1. The van der Waals surface area contributed by atoms with Gasteiger partial charge in [0.15, 0.2) is 0 Å². The first-order chi connectivity index (χ1) is 8.68. The lowest BCUT2D eigenvalue weighted by molar-refractivity contribution is 0.553. The highest BCUT2D eigenvalue weighted by atomic mass is 19.1. The zero-order valence-electron chi connectivity index (χ0n) is 11.2. The number of nitrogens with zero attached hydrogens (tertiary/aromatic N) is 1. The summed E-state index contributed by atoms with van der Waals surface area (Å²) in [7, 11) is 0. The highest BCUT2D eigenvalue weighted by Gasteiger charge is 2.15. The van der Waals surface area contributed by atoms with Crippen molar-refractivity contribution < 1.29 is 4.39 Å². The Balaban J connectivity index is 2.24. The van der Waals surface area contributed by atoms with E-state index in [0.717, 1.165) is 24.3 Å². The van der Waals surface area contributed by atoms with Crippen molar-refractivity contribution in [2.24, 2.45) is 5.73 Å². The largest absolute Gasteiger partial charge is 0.371 e. The van der Waals surface area contributed by atoms with Crippen molar-refractivity contribution >= 4 is 5.69 Å². The maximum atomic E-state index is 13.3. The highest BCUT2D eigenvalue weighted by Crippen LogP contribution is 2.28. The number of hydrogen-bond donors (Lipinski definition) is 1. The Labute approximate surface area is 109 Å². The van der Waals surface area contributed by atoms with Gasteiger partial charge in [0.2, 0.25) is 0 Å². The minimum absolute atomic E-state index is 0.124. The number of halogens is 1. The second kappa shape index (κ2) is 6.19. The summed E-state index contributed by atoms with van der Waals surface area (Å²) in [5, 5.41) is 0. The molecule has 1 aliphatic rings. The lowest BCUT2D eigenvalue weighted by atomic mass is 10.0. The van der Waals surface area contributed by atoms with E-state index in [1.807, 2.05) is 13.0 Å². The molecule has 2 nitrogen and oxygen atoms in total. The fraction of sp³-hybridized carbons (Fsp3) is 0.600. The summed E-state index contributed by atoms with van der Waals surface area (Å²) in [5.74, 6) is -0.196. The topological polar surface area (TPSA) is 29.3 Å². The molecule has 0 spiro atoms. The molecule has 3 heteroatoms. The van der Waals surface area contributed by atoms with Crippen LogP contribution in [0.2, 0.25) is 0 Å². The summed E-state index contributed by atoms with van der Waals surface area (Å²) < 4.78 is 13.3. The van der Waals surface area contributed by atoms with Crippen LogP contribution in [0.25, 0.3) is 0 Å². The summed E-state index contributed by atoms with van der Waals surface area (Å²) in [6, 6.07) is 4.88. The van der Waals surface area contributed by atoms with Gasteiger partial charge in [0.25, 0.3) is 0 Å². The fourth-order valence-electron chi connectivity index (χ4n) is 2.67. The summed E-state index contributed by atoms with van der Waals surface area (Å²) in [5.41, 5.74) is 8.01. The first kappa shape index (κ1) is 13.3. The van der Waals surface area contributed by atoms with Gasteiger partial charge in [0.1, 0.15) is 5.82 Å². The predicted molar refractivity (Wildman–Crippen MR) is 74.3 cm³/mol. The molecule has 0 aliphatic carbocycles. The van der Waals surface area contributed by atoms with Gasteiger partial charge in [-0.1, -0.05) is 19.3 Å². The molecular formula is C15H23FN2. The van der Waals surface area contributed by atoms with E-state index < -0.39 is 0 Å². The molecule has 18 heavy (non-hydrogen) atoms. The third kappa shape index (κ3) is 3.22. The molecule has 1 aliphatic heterocycles. The summed E-state index contributed by atoms with van der Waals surface area (Å²) >= 11 is 0. The molecule has 0 radical (unpaired) electrons. The molecule has 0 aromatic heterocycles. The molecule has 0 bridgehead atoms. The SMILES string of the molecule is C[C@@H](N)c1cc(F)ccc1N1CCCCCCC1. The van der Waals surface area contributed by atoms with Crippen LogP contribution in [0.3, 0.4) is 0 Å². The smallest absolute Gasteiger partial charge is 0.123 e. The van der Waals surface area contributed by atoms with Gasteiger partial charge >= 0.3 is 0 Å². The van der Waals surface area contributed by atoms with Crippen LogP contribution in [0.5, 0.6) is 0 Å². The van der Waals surface area contributed by atoms with Crippen LogP contribution in [-0.2, 0) is 0 Å². The maximum Gasteiger partial charge on any atom is 0.123 e. The summed E-state index contributed by atoms with van der Waals surface area (Å²) in [6.45, 7) is 4.04. The van der Waals surface area contributed by atoms with Gasteiger partial charge in [-0.05, 0) is 43.5 Å². The van der Waals surface area contributed by atoms with E-state index in [4.69, 9.17) is 5.73 Å². The average molecular weight is 250 g/mol. The first-order valence-electron chi connectivity index (χ1n) is 6.98. The second-order valence-corrected chi connectivity index (χ2v) is 5.25. The van der Waals surface area contributed by atoms with Crippen molar-refractivity contribution in [1.82, 2.24) is 0 Å².